The lowest BCUT2D eigenvalue weighted by Gasteiger charge is -2.18. The molecule has 3 nitrogen and oxygen atoms in total. The van der Waals surface area contributed by atoms with E-state index in [1.165, 1.54) is 21.9 Å². The molecule has 0 N–H and O–H groups in total. The molecule has 35 heavy (non-hydrogen) atoms. The number of fused-ring (bicyclic) bond motifs is 3. The second kappa shape index (κ2) is 8.22. The van der Waals surface area contributed by atoms with Crippen molar-refractivity contribution >= 4 is 40.9 Å². The number of benzene rings is 3. The van der Waals surface area contributed by atoms with Crippen LogP contribution in [0.15, 0.2) is 65.2 Å². The molecule has 0 atom stereocenters. The van der Waals surface area contributed by atoms with E-state index in [0.717, 1.165) is 44.3 Å². The number of pyridine rings is 1. The minimum Gasteiger partial charge on any atom is -0.456 e. The van der Waals surface area contributed by atoms with Gasteiger partial charge in [-0.3, -0.25) is 0 Å². The molecule has 0 bridgehead atoms. The molecule has 0 spiro atoms. The Morgan fingerprint density at radius 1 is 0.829 bits per heavy atom. The third-order valence-electron chi connectivity index (χ3n) is 7.01. The summed E-state index contributed by atoms with van der Waals surface area (Å²) in [5.41, 5.74) is 10.1. The van der Waals surface area contributed by atoms with E-state index in [-0.39, 0.29) is 0 Å². The van der Waals surface area contributed by atoms with Gasteiger partial charge in [0, 0.05) is 27.6 Å². The van der Waals surface area contributed by atoms with Crippen LogP contribution >= 0.6 is 0 Å². The van der Waals surface area contributed by atoms with Gasteiger partial charge in [0.1, 0.15) is 18.2 Å². The number of hydrogen-bond acceptors (Lipinski definition) is 1. The fourth-order valence-corrected chi connectivity index (χ4v) is 7.28. The summed E-state index contributed by atoms with van der Waals surface area (Å²) in [4.78, 5) is 3.84. The normalized spacial score (nSPS) is 11.8. The molecule has 0 aliphatic rings. The highest BCUT2D eigenvalue weighted by atomic mass is 28.3. The van der Waals surface area contributed by atoms with Gasteiger partial charge < -0.3 is 4.42 Å². The van der Waals surface area contributed by atoms with Gasteiger partial charge in [-0.05, 0) is 43.0 Å². The average Bonchev–Trinajstić information content (AvgIpc) is 3.19. The zero-order chi connectivity index (χ0) is 25.1. The van der Waals surface area contributed by atoms with Crippen molar-refractivity contribution in [3.63, 3.8) is 0 Å². The third-order valence-corrected chi connectivity index (χ3v) is 9.15. The highest BCUT2D eigenvalue weighted by Crippen LogP contribution is 2.45. The molecule has 0 saturated heterocycles. The second-order valence-electron chi connectivity index (χ2n) is 10.6. The number of furan rings is 1. The number of nitrogens with zero attached hydrogens (tertiary/aromatic N) is 2. The summed E-state index contributed by atoms with van der Waals surface area (Å²) in [6.07, 6.45) is 2.32. The molecule has 2 aromatic heterocycles. The molecule has 0 aliphatic heterocycles. The van der Waals surface area contributed by atoms with E-state index in [1.807, 2.05) is 42.5 Å². The van der Waals surface area contributed by atoms with Gasteiger partial charge >= 0.3 is 0 Å². The predicted molar refractivity (Wildman–Crippen MR) is 149 cm³/mol. The average molecular weight is 476 g/mol. The Morgan fingerprint density at radius 2 is 1.54 bits per heavy atom. The van der Waals surface area contributed by atoms with Crippen LogP contribution in [0.4, 0.5) is 5.69 Å². The molecule has 5 rings (SSSR count). The first-order valence-corrected chi connectivity index (χ1v) is 15.5. The van der Waals surface area contributed by atoms with E-state index in [4.69, 9.17) is 11.0 Å². The van der Waals surface area contributed by atoms with Crippen molar-refractivity contribution in [2.45, 2.75) is 40.4 Å². The van der Waals surface area contributed by atoms with Crippen molar-refractivity contribution in [2.24, 2.45) is 7.05 Å². The van der Waals surface area contributed by atoms with E-state index < -0.39 is 8.07 Å². The molecule has 0 radical (unpaired) electrons. The van der Waals surface area contributed by atoms with Gasteiger partial charge in [0.05, 0.1) is 20.2 Å². The Labute approximate surface area is 208 Å². The van der Waals surface area contributed by atoms with Gasteiger partial charge in [0.2, 0.25) is 5.69 Å². The first-order chi connectivity index (χ1) is 16.6. The van der Waals surface area contributed by atoms with Crippen LogP contribution in [0, 0.1) is 27.3 Å². The van der Waals surface area contributed by atoms with E-state index in [0.29, 0.717) is 5.69 Å². The third kappa shape index (κ3) is 3.68. The fourth-order valence-electron chi connectivity index (χ4n) is 5.44. The molecule has 174 valence electrons. The monoisotopic (exact) mass is 475 g/mol. The summed E-state index contributed by atoms with van der Waals surface area (Å²) >= 11 is 0. The lowest BCUT2D eigenvalue weighted by atomic mass is 9.95. The Morgan fingerprint density at radius 3 is 2.20 bits per heavy atom. The highest BCUT2D eigenvalue weighted by molar-refractivity contribution is 6.88. The van der Waals surface area contributed by atoms with Crippen molar-refractivity contribution in [1.82, 2.24) is 0 Å². The van der Waals surface area contributed by atoms with Gasteiger partial charge in [0.15, 0.2) is 11.9 Å². The van der Waals surface area contributed by atoms with Crippen molar-refractivity contribution in [3.8, 4) is 22.4 Å². The van der Waals surface area contributed by atoms with Crippen LogP contribution in [-0.4, -0.2) is 8.07 Å². The molecule has 2 heterocycles. The number of aryl methyl sites for hydroxylation is 4. The van der Waals surface area contributed by atoms with Crippen molar-refractivity contribution in [1.29, 1.82) is 0 Å². The smallest absolute Gasteiger partial charge is 0.216 e. The van der Waals surface area contributed by atoms with E-state index >= 15 is 0 Å². The summed E-state index contributed by atoms with van der Waals surface area (Å²) in [6, 6.07) is 18.7. The molecular weight excluding hydrogens is 444 g/mol. The standard InChI is InChI=1S/C31H31N2OSi/c1-19-17-25(33(5)18-26(19)35(6,7)8)28-21(3)16-20(2)27-23-14-15-24(32-4)29(30(23)34-31(27)28)22-12-10-9-11-13-22/h9-18H,1-3,5-8H3/q+1. The lowest BCUT2D eigenvalue weighted by Crippen LogP contribution is -2.46. The first kappa shape index (κ1) is 23.1. The van der Waals surface area contributed by atoms with Crippen LogP contribution in [-0.2, 0) is 7.05 Å². The van der Waals surface area contributed by atoms with Crippen molar-refractivity contribution in [2.75, 3.05) is 0 Å². The van der Waals surface area contributed by atoms with Crippen LogP contribution < -0.4 is 9.75 Å². The maximum atomic E-state index is 7.80. The van der Waals surface area contributed by atoms with Crippen LogP contribution in [0.1, 0.15) is 16.7 Å². The molecule has 3 aromatic carbocycles. The van der Waals surface area contributed by atoms with Crippen LogP contribution in [0.5, 0.6) is 0 Å². The van der Waals surface area contributed by atoms with Gasteiger partial charge in [-0.1, -0.05) is 68.2 Å². The maximum absolute atomic E-state index is 7.80. The number of hydrogen-bond donors (Lipinski definition) is 0. The van der Waals surface area contributed by atoms with Gasteiger partial charge in [-0.15, -0.1) is 0 Å². The topological polar surface area (TPSA) is 21.4 Å². The fraction of sp³-hybridized carbons (Fsp3) is 0.226. The van der Waals surface area contributed by atoms with Gasteiger partial charge in [0.25, 0.3) is 0 Å². The second-order valence-corrected chi connectivity index (χ2v) is 15.7. The highest BCUT2D eigenvalue weighted by Gasteiger charge is 2.28. The van der Waals surface area contributed by atoms with Crippen LogP contribution in [0.25, 0.3) is 49.2 Å². The van der Waals surface area contributed by atoms with Crippen molar-refractivity contribution < 1.29 is 8.98 Å². The quantitative estimate of drug-likeness (QED) is 0.148. The molecule has 4 heteroatoms. The summed E-state index contributed by atoms with van der Waals surface area (Å²) < 4.78 is 9.03. The minimum atomic E-state index is -1.46. The number of rotatable bonds is 3. The predicted octanol–water partition coefficient (Wildman–Crippen LogP) is 7.77. The van der Waals surface area contributed by atoms with Crippen LogP contribution in [0.2, 0.25) is 19.6 Å². The van der Waals surface area contributed by atoms with E-state index in [2.05, 4.69) is 75.2 Å². The van der Waals surface area contributed by atoms with E-state index in [1.54, 1.807) is 0 Å². The summed E-state index contributed by atoms with van der Waals surface area (Å²) in [5.74, 6) is 0. The Balaban J connectivity index is 1.91. The minimum absolute atomic E-state index is 0.611. The summed E-state index contributed by atoms with van der Waals surface area (Å²) in [5, 5.41) is 3.66. The molecule has 0 unspecified atom stereocenters. The zero-order valence-electron chi connectivity index (χ0n) is 21.6. The Hall–Kier alpha value is -3.68. The molecule has 0 saturated carbocycles. The largest absolute Gasteiger partial charge is 0.456 e. The molecule has 0 fully saturated rings. The molecule has 0 aliphatic carbocycles. The zero-order valence-corrected chi connectivity index (χ0v) is 22.6. The maximum Gasteiger partial charge on any atom is 0.216 e. The number of aromatic nitrogens is 1. The molecular formula is C31H31N2OSi+. The van der Waals surface area contributed by atoms with Gasteiger partial charge in [-0.25, -0.2) is 9.41 Å². The SMILES string of the molecule is [C-]#[N+]c1ccc2c(oc3c(-c4cc(C)c([Si](C)(C)C)c[n+]4C)c(C)cc(C)c32)c1-c1ccccc1. The summed E-state index contributed by atoms with van der Waals surface area (Å²) in [6.45, 7) is 21.5. The molecule has 0 amide bonds. The Kier molecular flexibility index (Phi) is 5.42. The summed E-state index contributed by atoms with van der Waals surface area (Å²) in [7, 11) is 0.674. The molecule has 5 aromatic rings. The lowest BCUT2D eigenvalue weighted by molar-refractivity contribution is -0.659. The Bertz CT molecular complexity index is 1670. The van der Waals surface area contributed by atoms with Crippen molar-refractivity contribution in [3.05, 3.63) is 88.9 Å². The first-order valence-electron chi connectivity index (χ1n) is 12.0. The van der Waals surface area contributed by atoms with E-state index in [9.17, 15) is 0 Å². The van der Waals surface area contributed by atoms with Gasteiger partial charge in [-0.2, -0.15) is 0 Å². The van der Waals surface area contributed by atoms with Crippen LogP contribution in [0.3, 0.4) is 0 Å².